The van der Waals surface area contributed by atoms with E-state index in [2.05, 4.69) is 86.8 Å². The number of unbranched alkanes of at least 4 members (excludes halogenated alkanes) is 7. The summed E-state index contributed by atoms with van der Waals surface area (Å²) >= 11 is 0. The Hall–Kier alpha value is -3.92. The summed E-state index contributed by atoms with van der Waals surface area (Å²) in [6, 6.07) is 0. The van der Waals surface area contributed by atoms with E-state index < -0.39 is 11.9 Å². The van der Waals surface area contributed by atoms with Crippen molar-refractivity contribution in [3.05, 3.63) is 134 Å². The van der Waals surface area contributed by atoms with Crippen LogP contribution in [0.5, 0.6) is 0 Å². The van der Waals surface area contributed by atoms with Gasteiger partial charge in [0.1, 0.15) is 0 Å². The molecule has 0 bridgehead atoms. The van der Waals surface area contributed by atoms with Gasteiger partial charge in [-0.2, -0.15) is 0 Å². The van der Waals surface area contributed by atoms with Gasteiger partial charge in [0.25, 0.3) is 0 Å². The first-order valence-electron chi connectivity index (χ1n) is 17.2. The van der Waals surface area contributed by atoms with Gasteiger partial charge in [-0.15, -0.1) is 0 Å². The summed E-state index contributed by atoms with van der Waals surface area (Å²) < 4.78 is 0. The summed E-state index contributed by atoms with van der Waals surface area (Å²) in [6.07, 6.45) is 61.2. The Morgan fingerprint density at radius 1 is 0.435 bits per heavy atom. The van der Waals surface area contributed by atoms with Gasteiger partial charge in [0.15, 0.2) is 0 Å². The average Bonchev–Trinajstić information content (AvgIpc) is 3.03. The molecular weight excluding hydrogens is 568 g/mol. The van der Waals surface area contributed by atoms with E-state index in [0.717, 1.165) is 51.0 Å². The summed E-state index contributed by atoms with van der Waals surface area (Å²) in [5.41, 5.74) is 0. The lowest BCUT2D eigenvalue weighted by Gasteiger charge is -1.98. The zero-order chi connectivity index (χ0) is 34.0. The highest BCUT2D eigenvalue weighted by atomic mass is 16.4. The summed E-state index contributed by atoms with van der Waals surface area (Å²) in [4.78, 5) is 20.5. The van der Waals surface area contributed by atoms with Crippen LogP contribution in [0.1, 0.15) is 117 Å². The van der Waals surface area contributed by atoms with Crippen LogP contribution < -0.4 is 0 Å². The smallest absolute Gasteiger partial charge is 0.328 e. The second kappa shape index (κ2) is 41.1. The maximum atomic E-state index is 10.3. The largest absolute Gasteiger partial charge is 0.481 e. The molecule has 2 N–H and O–H groups in total. The fourth-order valence-electron chi connectivity index (χ4n) is 3.76. The van der Waals surface area contributed by atoms with Crippen LogP contribution in [0.2, 0.25) is 0 Å². The molecule has 0 rings (SSSR count). The zero-order valence-electron chi connectivity index (χ0n) is 28.7. The Balaban J connectivity index is 0. The van der Waals surface area contributed by atoms with Crippen LogP contribution >= 0.6 is 0 Å². The van der Waals surface area contributed by atoms with Gasteiger partial charge in [-0.25, -0.2) is 4.79 Å². The number of rotatable bonds is 27. The molecular formula is C42H62O4. The number of carboxylic acid groups (broad SMARTS) is 2. The third kappa shape index (κ3) is 47.0. The number of hydrogen-bond donors (Lipinski definition) is 2. The van der Waals surface area contributed by atoms with Crippen molar-refractivity contribution in [2.45, 2.75) is 117 Å². The lowest BCUT2D eigenvalue weighted by atomic mass is 10.1. The first kappa shape index (κ1) is 44.2. The lowest BCUT2D eigenvalue weighted by Crippen LogP contribution is -1.91. The number of carbonyl (C=O) groups is 2. The third-order valence-corrected chi connectivity index (χ3v) is 6.25. The molecule has 0 amide bonds. The Morgan fingerprint density at radius 2 is 0.848 bits per heavy atom. The Labute approximate surface area is 281 Å². The van der Waals surface area contributed by atoms with Crippen molar-refractivity contribution < 1.29 is 19.8 Å². The minimum atomic E-state index is -0.931. The van der Waals surface area contributed by atoms with Crippen LogP contribution in [0.4, 0.5) is 0 Å². The molecule has 0 aromatic rings. The van der Waals surface area contributed by atoms with Crippen LogP contribution in [0, 0.1) is 0 Å². The number of carboxylic acids is 2. The van der Waals surface area contributed by atoms with Gasteiger partial charge in [-0.1, -0.05) is 180 Å². The van der Waals surface area contributed by atoms with E-state index in [1.165, 1.54) is 51.0 Å². The molecule has 4 heteroatoms. The monoisotopic (exact) mass is 630 g/mol. The first-order chi connectivity index (χ1) is 22.5. The SMILES string of the molecule is CC/C=C\C/C=C\C/C=C\C/C=C\C/C=C\C/C=C\CCC(=O)O.CCCCCCCCC/C=C/C=C/C=C/C=C/C=C/C(=O)O. The van der Waals surface area contributed by atoms with Crippen LogP contribution in [-0.4, -0.2) is 22.2 Å². The van der Waals surface area contributed by atoms with E-state index in [1.807, 2.05) is 36.5 Å². The van der Waals surface area contributed by atoms with E-state index >= 15 is 0 Å². The molecule has 46 heavy (non-hydrogen) atoms. The molecule has 0 radical (unpaired) electrons. The van der Waals surface area contributed by atoms with E-state index in [-0.39, 0.29) is 6.42 Å². The molecule has 4 nitrogen and oxygen atoms in total. The molecule has 0 atom stereocenters. The van der Waals surface area contributed by atoms with Crippen LogP contribution in [-0.2, 0) is 9.59 Å². The van der Waals surface area contributed by atoms with E-state index in [1.54, 1.807) is 12.2 Å². The molecule has 0 unspecified atom stereocenters. The van der Waals surface area contributed by atoms with Crippen LogP contribution in [0.3, 0.4) is 0 Å². The summed E-state index contributed by atoms with van der Waals surface area (Å²) in [5.74, 6) is -1.67. The number of aliphatic carboxylic acids is 2. The number of allylic oxidation sites excluding steroid dienone is 21. The predicted octanol–water partition coefficient (Wildman–Crippen LogP) is 12.5. The molecule has 0 saturated carbocycles. The summed E-state index contributed by atoms with van der Waals surface area (Å²) in [5, 5.41) is 16.9. The molecule has 0 aromatic carbocycles. The molecule has 0 fully saturated rings. The van der Waals surface area contributed by atoms with Gasteiger partial charge in [0, 0.05) is 12.5 Å². The molecule has 0 saturated heterocycles. The van der Waals surface area contributed by atoms with Gasteiger partial charge in [0.2, 0.25) is 0 Å². The predicted molar refractivity (Wildman–Crippen MR) is 201 cm³/mol. The Morgan fingerprint density at radius 3 is 1.30 bits per heavy atom. The van der Waals surface area contributed by atoms with Gasteiger partial charge < -0.3 is 10.2 Å². The molecule has 0 heterocycles. The molecule has 0 aliphatic rings. The molecule has 0 aliphatic carbocycles. The van der Waals surface area contributed by atoms with Crippen molar-refractivity contribution in [3.8, 4) is 0 Å². The highest BCUT2D eigenvalue weighted by molar-refractivity contribution is 5.80. The normalized spacial score (nSPS) is 12.9. The minimum absolute atomic E-state index is 0.210. The highest BCUT2D eigenvalue weighted by Gasteiger charge is 1.91. The Kier molecular flexibility index (Phi) is 39.5. The molecule has 254 valence electrons. The third-order valence-electron chi connectivity index (χ3n) is 6.25. The second-order valence-electron chi connectivity index (χ2n) is 10.5. The van der Waals surface area contributed by atoms with Gasteiger partial charge in [0.05, 0.1) is 0 Å². The molecule has 0 spiro atoms. The standard InChI is InChI=1S/C22H32O2.C20H30O2/c1-2-3-4-5-6-7-8-9-10-11-12-13-14-15-16-17-18-19-20-21-22(23)24;1-2-3-4-5-6-7-8-9-10-11-12-13-14-15-16-17-18-19-20(21)22/h3-4,6-7,9-10,12-13,15-16,18-19H,2,5,8,11,14,17,20-21H2,1H3,(H,23,24);10-19H,2-9H2,1H3,(H,21,22)/b4-3-,7-6-,10-9-,13-12-,16-15-,19-18-;11-10+,13-12+,15-14+,17-16+,19-18+. The zero-order valence-corrected chi connectivity index (χ0v) is 28.7. The van der Waals surface area contributed by atoms with Crippen molar-refractivity contribution in [1.82, 2.24) is 0 Å². The Bertz CT molecular complexity index is 1030. The number of hydrogen-bond acceptors (Lipinski definition) is 2. The second-order valence-corrected chi connectivity index (χ2v) is 10.5. The minimum Gasteiger partial charge on any atom is -0.481 e. The van der Waals surface area contributed by atoms with Crippen LogP contribution in [0.25, 0.3) is 0 Å². The van der Waals surface area contributed by atoms with E-state index in [9.17, 15) is 9.59 Å². The quantitative estimate of drug-likeness (QED) is 0.0410. The van der Waals surface area contributed by atoms with Gasteiger partial charge >= 0.3 is 11.9 Å². The average molecular weight is 631 g/mol. The summed E-state index contributed by atoms with van der Waals surface area (Å²) in [7, 11) is 0. The first-order valence-corrected chi connectivity index (χ1v) is 17.2. The highest BCUT2D eigenvalue weighted by Crippen LogP contribution is 2.08. The molecule has 0 aromatic heterocycles. The van der Waals surface area contributed by atoms with E-state index in [0.29, 0.717) is 6.42 Å². The van der Waals surface area contributed by atoms with Crippen molar-refractivity contribution in [2.75, 3.05) is 0 Å². The maximum absolute atomic E-state index is 10.3. The molecule has 0 aliphatic heterocycles. The van der Waals surface area contributed by atoms with Crippen LogP contribution in [0.15, 0.2) is 134 Å². The van der Waals surface area contributed by atoms with Gasteiger partial charge in [-0.05, 0) is 57.8 Å². The lowest BCUT2D eigenvalue weighted by molar-refractivity contribution is -0.137. The fourth-order valence-corrected chi connectivity index (χ4v) is 3.76. The van der Waals surface area contributed by atoms with E-state index in [4.69, 9.17) is 10.2 Å². The van der Waals surface area contributed by atoms with Crippen molar-refractivity contribution in [2.24, 2.45) is 0 Å². The summed E-state index contributed by atoms with van der Waals surface area (Å²) in [6.45, 7) is 4.40. The van der Waals surface area contributed by atoms with Gasteiger partial charge in [-0.3, -0.25) is 4.79 Å². The maximum Gasteiger partial charge on any atom is 0.328 e. The fraction of sp³-hybridized carbons (Fsp3) is 0.429. The topological polar surface area (TPSA) is 74.6 Å². The van der Waals surface area contributed by atoms with Crippen molar-refractivity contribution in [1.29, 1.82) is 0 Å². The van der Waals surface area contributed by atoms with Crippen molar-refractivity contribution in [3.63, 3.8) is 0 Å². The van der Waals surface area contributed by atoms with Crippen molar-refractivity contribution >= 4 is 11.9 Å².